The van der Waals surface area contributed by atoms with Crippen LogP contribution in [0.25, 0.3) is 11.0 Å². The molecule has 1 unspecified atom stereocenters. The lowest BCUT2D eigenvalue weighted by Gasteiger charge is -2.29. The summed E-state index contributed by atoms with van der Waals surface area (Å²) in [5.41, 5.74) is 4.57. The van der Waals surface area contributed by atoms with Crippen molar-refractivity contribution in [2.75, 3.05) is 0 Å². The fourth-order valence-electron chi connectivity index (χ4n) is 3.40. The summed E-state index contributed by atoms with van der Waals surface area (Å²) in [7, 11) is 0. The van der Waals surface area contributed by atoms with E-state index in [9.17, 15) is 0 Å². The van der Waals surface area contributed by atoms with Crippen LogP contribution in [0.4, 0.5) is 0 Å². The molecular weight excluding hydrogens is 246 g/mol. The second-order valence-corrected chi connectivity index (χ2v) is 6.09. The van der Waals surface area contributed by atoms with Crippen LogP contribution in [-0.2, 0) is 0 Å². The molecule has 4 rings (SSSR count). The number of nitrogens with zero attached hydrogens (tertiary/aromatic N) is 2. The Balaban J connectivity index is 1.92. The van der Waals surface area contributed by atoms with Crippen LogP contribution in [0.1, 0.15) is 25.8 Å². The lowest BCUT2D eigenvalue weighted by molar-refractivity contribution is 0.378. The third-order valence-electron chi connectivity index (χ3n) is 4.56. The Labute approximate surface area is 118 Å². The first-order chi connectivity index (χ1) is 9.68. The summed E-state index contributed by atoms with van der Waals surface area (Å²) >= 11 is 0. The number of fused-ring (bicyclic) bond motifs is 2. The summed E-state index contributed by atoms with van der Waals surface area (Å²) in [5.74, 6) is 0.490. The molecule has 0 fully saturated rings. The zero-order valence-electron chi connectivity index (χ0n) is 11.7. The average Bonchev–Trinajstić information content (AvgIpc) is 2.98. The lowest BCUT2D eigenvalue weighted by atomic mass is 9.72. The molecule has 1 aliphatic carbocycles. The average molecular weight is 263 g/mol. The third-order valence-corrected chi connectivity index (χ3v) is 4.56. The topological polar surface area (TPSA) is 41.0 Å². The van der Waals surface area contributed by atoms with Crippen LogP contribution in [0.2, 0.25) is 0 Å². The van der Waals surface area contributed by atoms with Crippen molar-refractivity contribution in [2.45, 2.75) is 20.3 Å². The maximum Gasteiger partial charge on any atom is 0.137 e. The van der Waals surface area contributed by atoms with E-state index in [0.717, 1.165) is 17.5 Å². The van der Waals surface area contributed by atoms with Crippen LogP contribution in [0.15, 0.2) is 53.4 Å². The minimum Gasteiger partial charge on any atom is -0.345 e. The van der Waals surface area contributed by atoms with Gasteiger partial charge in [-0.2, -0.15) is 0 Å². The smallest absolute Gasteiger partial charge is 0.137 e. The zero-order valence-corrected chi connectivity index (χ0v) is 11.7. The van der Waals surface area contributed by atoms with E-state index >= 15 is 0 Å². The first-order valence-electron chi connectivity index (χ1n) is 7.06. The summed E-state index contributed by atoms with van der Waals surface area (Å²) in [4.78, 5) is 12.6. The van der Waals surface area contributed by atoms with Gasteiger partial charge in [0.1, 0.15) is 5.65 Å². The summed E-state index contributed by atoms with van der Waals surface area (Å²) in [6, 6.07) is 4.09. The summed E-state index contributed by atoms with van der Waals surface area (Å²) < 4.78 is 0. The van der Waals surface area contributed by atoms with Gasteiger partial charge in [-0.1, -0.05) is 26.0 Å². The van der Waals surface area contributed by atoms with Crippen LogP contribution in [0.3, 0.4) is 0 Å². The molecule has 20 heavy (non-hydrogen) atoms. The summed E-state index contributed by atoms with van der Waals surface area (Å²) in [6.07, 6.45) is 11.4. The highest BCUT2D eigenvalue weighted by molar-refractivity contribution is 6.14. The van der Waals surface area contributed by atoms with Crippen molar-refractivity contribution in [3.8, 4) is 0 Å². The summed E-state index contributed by atoms with van der Waals surface area (Å²) in [5, 5.41) is 1.16. The van der Waals surface area contributed by atoms with Gasteiger partial charge in [-0.15, -0.1) is 0 Å². The number of H-pyrrole nitrogens is 1. The molecule has 0 aromatic carbocycles. The number of aromatic amines is 1. The number of hydrogen-bond acceptors (Lipinski definition) is 2. The molecular formula is C17H17N3. The second kappa shape index (κ2) is 3.92. The van der Waals surface area contributed by atoms with Gasteiger partial charge in [0.2, 0.25) is 0 Å². The van der Waals surface area contributed by atoms with Gasteiger partial charge in [-0.25, -0.2) is 4.98 Å². The Bertz CT molecular complexity index is 774. The van der Waals surface area contributed by atoms with E-state index in [1.165, 1.54) is 17.0 Å². The predicted octanol–water partition coefficient (Wildman–Crippen LogP) is 3.85. The Hall–Kier alpha value is -2.16. The SMILES string of the molecule is CC1(C)C(c2c[nH]c3ncccc23)=NC2=CC=CCC21. The van der Waals surface area contributed by atoms with Crippen LogP contribution in [0, 0.1) is 11.3 Å². The largest absolute Gasteiger partial charge is 0.345 e. The number of allylic oxidation sites excluding steroid dienone is 4. The molecule has 0 radical (unpaired) electrons. The molecule has 3 heteroatoms. The molecule has 1 atom stereocenters. The zero-order chi connectivity index (χ0) is 13.7. The number of pyridine rings is 1. The van der Waals surface area contributed by atoms with Gasteiger partial charge in [-0.05, 0) is 24.6 Å². The fraction of sp³-hybridized carbons (Fsp3) is 0.294. The van der Waals surface area contributed by atoms with Crippen LogP contribution >= 0.6 is 0 Å². The predicted molar refractivity (Wildman–Crippen MR) is 81.7 cm³/mol. The van der Waals surface area contributed by atoms with Crippen LogP contribution in [-0.4, -0.2) is 15.7 Å². The fourth-order valence-corrected chi connectivity index (χ4v) is 3.40. The quantitative estimate of drug-likeness (QED) is 0.834. The lowest BCUT2D eigenvalue weighted by Crippen LogP contribution is -2.29. The molecule has 2 aromatic heterocycles. The monoisotopic (exact) mass is 263 g/mol. The molecule has 2 aromatic rings. The van der Waals surface area contributed by atoms with Crippen molar-refractivity contribution >= 4 is 16.7 Å². The van der Waals surface area contributed by atoms with E-state index in [2.05, 4.69) is 48.1 Å². The van der Waals surface area contributed by atoms with Crippen LogP contribution in [0.5, 0.6) is 0 Å². The van der Waals surface area contributed by atoms with Crippen molar-refractivity contribution in [1.82, 2.24) is 9.97 Å². The van der Waals surface area contributed by atoms with E-state index in [-0.39, 0.29) is 5.41 Å². The van der Waals surface area contributed by atoms with Gasteiger partial charge >= 0.3 is 0 Å². The molecule has 0 spiro atoms. The van der Waals surface area contributed by atoms with Crippen molar-refractivity contribution < 1.29 is 0 Å². The Morgan fingerprint density at radius 3 is 3.10 bits per heavy atom. The molecule has 0 saturated heterocycles. The molecule has 3 heterocycles. The first-order valence-corrected chi connectivity index (χ1v) is 7.06. The molecule has 3 nitrogen and oxygen atoms in total. The van der Waals surface area contributed by atoms with E-state index in [1.807, 2.05) is 18.5 Å². The maximum atomic E-state index is 4.93. The van der Waals surface area contributed by atoms with Crippen molar-refractivity contribution in [3.05, 3.63) is 54.0 Å². The standard InChI is InChI=1S/C17H17N3/c1-17(2)13-7-3-4-8-14(13)20-15(17)12-10-19-16-11(12)6-5-9-18-16/h3-6,8-10,13H,7H2,1-2H3,(H,18,19). The molecule has 1 N–H and O–H groups in total. The highest BCUT2D eigenvalue weighted by Gasteiger charge is 2.43. The normalized spacial score (nSPS) is 23.6. The van der Waals surface area contributed by atoms with E-state index in [4.69, 9.17) is 4.99 Å². The van der Waals surface area contributed by atoms with Gasteiger partial charge in [-0.3, -0.25) is 4.99 Å². The van der Waals surface area contributed by atoms with Crippen molar-refractivity contribution in [2.24, 2.45) is 16.3 Å². The molecule has 0 saturated carbocycles. The first kappa shape index (κ1) is 11.6. The number of aliphatic imine (C=N–C) groups is 1. The van der Waals surface area contributed by atoms with Crippen molar-refractivity contribution in [1.29, 1.82) is 0 Å². The molecule has 0 amide bonds. The van der Waals surface area contributed by atoms with Crippen LogP contribution < -0.4 is 0 Å². The highest BCUT2D eigenvalue weighted by atomic mass is 14.9. The number of rotatable bonds is 1. The van der Waals surface area contributed by atoms with Gasteiger partial charge in [0.25, 0.3) is 0 Å². The van der Waals surface area contributed by atoms with Crippen molar-refractivity contribution in [3.63, 3.8) is 0 Å². The van der Waals surface area contributed by atoms with E-state index in [1.54, 1.807) is 0 Å². The van der Waals surface area contributed by atoms with E-state index in [0.29, 0.717) is 5.92 Å². The number of aromatic nitrogens is 2. The Kier molecular flexibility index (Phi) is 2.28. The maximum absolute atomic E-state index is 4.93. The highest BCUT2D eigenvalue weighted by Crippen LogP contribution is 2.47. The Morgan fingerprint density at radius 2 is 2.25 bits per heavy atom. The van der Waals surface area contributed by atoms with Gasteiger partial charge < -0.3 is 4.98 Å². The van der Waals surface area contributed by atoms with Gasteiger partial charge in [0.05, 0.1) is 5.71 Å². The summed E-state index contributed by atoms with van der Waals surface area (Å²) in [6.45, 7) is 4.59. The number of nitrogens with one attached hydrogen (secondary N) is 1. The minimum atomic E-state index is 0.0571. The number of hydrogen-bond donors (Lipinski definition) is 1. The third kappa shape index (κ3) is 1.46. The second-order valence-electron chi connectivity index (χ2n) is 6.09. The minimum absolute atomic E-state index is 0.0571. The molecule has 1 aliphatic heterocycles. The molecule has 0 bridgehead atoms. The molecule has 2 aliphatic rings. The van der Waals surface area contributed by atoms with E-state index < -0.39 is 0 Å². The van der Waals surface area contributed by atoms with Gasteiger partial charge in [0, 0.05) is 40.4 Å². The Morgan fingerprint density at radius 1 is 1.35 bits per heavy atom. The van der Waals surface area contributed by atoms with Gasteiger partial charge in [0.15, 0.2) is 0 Å². The molecule has 100 valence electrons.